The van der Waals surface area contributed by atoms with E-state index in [2.05, 4.69) is 177 Å². The summed E-state index contributed by atoms with van der Waals surface area (Å²) in [6, 6.07) is 0. The number of nitrogens with zero attached hydrogens (tertiary/aromatic N) is 3. The molecular formula is C61H97N3O30S14. The van der Waals surface area contributed by atoms with E-state index < -0.39 is 124 Å². The second-order valence-electron chi connectivity index (χ2n) is 21.9. The van der Waals surface area contributed by atoms with E-state index >= 15 is 0 Å². The second kappa shape index (κ2) is 66.5. The van der Waals surface area contributed by atoms with Crippen molar-refractivity contribution in [2.75, 3.05) is 153 Å². The van der Waals surface area contributed by atoms with E-state index in [0.717, 1.165) is 0 Å². The first-order chi connectivity index (χ1) is 51.3. The highest BCUT2D eigenvalue weighted by Gasteiger charge is 2.40. The Hall–Kier alpha value is -3.91. The predicted molar refractivity (Wildman–Crippen MR) is 439 cm³/mol. The summed E-state index contributed by atoms with van der Waals surface area (Å²) in [5, 5.41) is 0. The molecule has 0 spiro atoms. The summed E-state index contributed by atoms with van der Waals surface area (Å²) in [5.74, 6) is -5.27. The highest BCUT2D eigenvalue weighted by Crippen LogP contribution is 2.27. The van der Waals surface area contributed by atoms with Gasteiger partial charge < -0.3 is 61.6 Å². The Morgan fingerprint density at radius 1 is 0.241 bits per heavy atom. The lowest BCUT2D eigenvalue weighted by atomic mass is 9.88. The van der Waals surface area contributed by atoms with Crippen LogP contribution in [0.25, 0.3) is 0 Å². The number of Topliss-reactive ketones (excluding diaryl/α,β-unsaturated/α-hetero) is 1. The minimum Gasteiger partial charge on any atom is -0.465 e. The zero-order valence-corrected chi connectivity index (χ0v) is 71.7. The van der Waals surface area contributed by atoms with Gasteiger partial charge in [-0.2, -0.15) is 177 Å². The summed E-state index contributed by atoms with van der Waals surface area (Å²) in [4.78, 5) is 200. The molecule has 1 aromatic heterocycles. The molecule has 0 aromatic carbocycles. The first kappa shape index (κ1) is 108. The minimum absolute atomic E-state index is 0.00157. The molecular weight excluding hydrogens is 1700 g/mol. The number of ketones is 1. The largest absolute Gasteiger partial charge is 0.465 e. The van der Waals surface area contributed by atoms with Crippen LogP contribution in [0.15, 0.2) is 14.4 Å². The Bertz CT molecular complexity index is 2740. The van der Waals surface area contributed by atoms with Crippen molar-refractivity contribution in [3.05, 3.63) is 31.5 Å². The Labute approximate surface area is 701 Å². The van der Waals surface area contributed by atoms with E-state index in [1.807, 2.05) is 6.92 Å². The van der Waals surface area contributed by atoms with Crippen LogP contribution in [0.1, 0.15) is 84.0 Å². The van der Waals surface area contributed by atoms with Gasteiger partial charge in [-0.3, -0.25) is 67.1 Å². The molecule has 0 radical (unpaired) electrons. The van der Waals surface area contributed by atoms with Gasteiger partial charge in [0.2, 0.25) is 0 Å². The lowest BCUT2D eigenvalue weighted by molar-refractivity contribution is -0.172. The average molecular weight is 1800 g/mol. The van der Waals surface area contributed by atoms with Gasteiger partial charge in [-0.1, -0.05) is 6.92 Å². The summed E-state index contributed by atoms with van der Waals surface area (Å²) in [6.45, 7) is -2.39. The van der Waals surface area contributed by atoms with Gasteiger partial charge in [0.25, 0.3) is 0 Å². The molecule has 0 saturated carbocycles. The lowest BCUT2D eigenvalue weighted by Gasteiger charge is -2.31. The number of aromatic nitrogens is 3. The number of carbonyl (C=O) groups excluding carboxylic acids is 14. The zero-order valence-electron chi connectivity index (χ0n) is 59.1. The minimum atomic E-state index is -1.28. The summed E-state index contributed by atoms with van der Waals surface area (Å²) in [5.41, 5.74) is -6.54. The van der Waals surface area contributed by atoms with Gasteiger partial charge in [0.15, 0.2) is 13.5 Å². The first-order valence-corrected chi connectivity index (χ1v) is 41.2. The van der Waals surface area contributed by atoms with Crippen LogP contribution < -0.4 is 17.1 Å². The van der Waals surface area contributed by atoms with Crippen molar-refractivity contribution < 1.29 is 129 Å². The van der Waals surface area contributed by atoms with Gasteiger partial charge in [-0.05, 0) is 12.2 Å². The number of thiol groups is 14. The zero-order chi connectivity index (χ0) is 82.5. The van der Waals surface area contributed by atoms with E-state index in [4.69, 9.17) is 61.6 Å². The molecule has 0 saturated heterocycles. The van der Waals surface area contributed by atoms with Gasteiger partial charge in [0.1, 0.15) is 89.3 Å². The Morgan fingerprint density at radius 2 is 0.417 bits per heavy atom. The molecule has 620 valence electrons. The van der Waals surface area contributed by atoms with E-state index in [1.54, 1.807) is 0 Å². The van der Waals surface area contributed by atoms with Gasteiger partial charge >= 0.3 is 94.7 Å². The van der Waals surface area contributed by atoms with Gasteiger partial charge in [-0.25, -0.2) is 28.1 Å². The molecule has 47 heteroatoms. The van der Waals surface area contributed by atoms with Gasteiger partial charge in [-0.15, -0.1) is 0 Å². The van der Waals surface area contributed by atoms with Crippen molar-refractivity contribution in [3.63, 3.8) is 0 Å². The number of rotatable bonds is 54. The third-order valence-corrected chi connectivity index (χ3v) is 16.4. The molecule has 0 aliphatic heterocycles. The van der Waals surface area contributed by atoms with E-state index in [9.17, 15) is 81.5 Å². The Morgan fingerprint density at radius 3 is 0.602 bits per heavy atom. The van der Waals surface area contributed by atoms with Gasteiger partial charge in [0, 0.05) is 71.2 Å². The van der Waals surface area contributed by atoms with Crippen LogP contribution in [0.5, 0.6) is 0 Å². The average Bonchev–Trinajstić information content (AvgIpc) is 0.785. The Kier molecular flexibility index (Phi) is 66.7. The van der Waals surface area contributed by atoms with Crippen LogP contribution in [0, 0.1) is 16.2 Å². The third kappa shape index (κ3) is 51.7. The molecule has 1 aromatic rings. The quantitative estimate of drug-likeness (QED) is 0.0253. The molecule has 1 rings (SSSR count). The van der Waals surface area contributed by atoms with E-state index in [-0.39, 0.29) is 213 Å². The molecule has 0 atom stereocenters. The molecule has 0 aliphatic rings. The maximum Gasteiger partial charge on any atom is 0.341 e. The van der Waals surface area contributed by atoms with Crippen molar-refractivity contribution >= 4 is 260 Å². The monoisotopic (exact) mass is 1800 g/mol. The van der Waals surface area contributed by atoms with Crippen LogP contribution in [0.3, 0.4) is 0 Å². The number of esters is 13. The van der Waals surface area contributed by atoms with E-state index in [1.165, 1.54) is 0 Å². The molecule has 33 nitrogen and oxygen atoms in total. The molecule has 0 amide bonds. The van der Waals surface area contributed by atoms with Crippen molar-refractivity contribution in [3.8, 4) is 0 Å². The number of hydrogen-bond acceptors (Lipinski definition) is 44. The molecule has 0 unspecified atom stereocenters. The van der Waals surface area contributed by atoms with Crippen molar-refractivity contribution in [1.29, 1.82) is 0 Å². The molecule has 108 heavy (non-hydrogen) atoms. The maximum atomic E-state index is 12.6. The van der Waals surface area contributed by atoms with Crippen molar-refractivity contribution in [1.82, 2.24) is 13.7 Å². The SMILES string of the molecule is CCC(COC(=O)CCS)(COC(=O)CCS)COC(=O)CCS.O=C(CCS)CCn1c(=O)n(COC(=O)CCS)c(=O)n(COC(=O)CCS)c1=O.O=C(CCS)OCC(COC(=O)CCS)(COC(=O)CCS)COC(=O)CCS.O=C(CS)OCC(COC(=O)CS)(COC(=O)CS)COC(=O)CS. The fraction of sp³-hybridized carbons (Fsp3) is 0.721. The highest BCUT2D eigenvalue weighted by atomic mass is 32.1. The van der Waals surface area contributed by atoms with Crippen molar-refractivity contribution in [2.24, 2.45) is 16.2 Å². The fourth-order valence-corrected chi connectivity index (χ4v) is 9.27. The van der Waals surface area contributed by atoms with E-state index in [0.29, 0.717) is 43.1 Å². The topological polar surface area (TPSA) is 425 Å². The maximum absolute atomic E-state index is 12.6. The second-order valence-corrected chi connectivity index (χ2v) is 27.7. The molecule has 0 aliphatic carbocycles. The van der Waals surface area contributed by atoms with Crippen molar-refractivity contribution in [2.45, 2.75) is 104 Å². The summed E-state index contributed by atoms with van der Waals surface area (Å²) in [6.07, 6.45) is 1.22. The number of ether oxygens (including phenoxy) is 13. The van der Waals surface area contributed by atoms with Crippen LogP contribution in [0.2, 0.25) is 0 Å². The van der Waals surface area contributed by atoms with Crippen LogP contribution >= 0.6 is 177 Å². The molecule has 0 fully saturated rings. The highest BCUT2D eigenvalue weighted by molar-refractivity contribution is 7.82. The predicted octanol–water partition coefficient (Wildman–Crippen LogP) is 2.35. The summed E-state index contributed by atoms with van der Waals surface area (Å²) < 4.78 is 68.0. The normalized spacial score (nSPS) is 10.8. The summed E-state index contributed by atoms with van der Waals surface area (Å²) >= 11 is 54.7. The van der Waals surface area contributed by atoms with Crippen LogP contribution in [-0.4, -0.2) is 250 Å². The van der Waals surface area contributed by atoms with Crippen LogP contribution in [-0.2, 0) is 149 Å². The number of carbonyl (C=O) groups is 14. The Balaban J connectivity index is -0.00000137. The van der Waals surface area contributed by atoms with Gasteiger partial charge in [0.05, 0.1) is 86.2 Å². The summed E-state index contributed by atoms with van der Waals surface area (Å²) in [7, 11) is 0. The standard InChI is InChI=1S/C17H28O8S4.C16H23N3O8S3.C15H26O6S3.C13H20O8S4/c18-13(1-5-26)22-9-17(10-23-14(19)2-6-27,11-24-15(20)3-7-28)12-25-16(21)4-8-29;20-11(2-6-28)1-5-17-14(23)18(9-26-12(21)3-7-29)16(25)19(15(17)24)10-27-13(22)4-8-30;1-2-15(9-19-12(16)3-6-22,10-20-13(17)4-7-23)11-21-14(18)5-8-24;14-9(1-22)18-5-13(6-19-10(15)2-23,7-20-11(16)3-24)8-21-12(17)4-25/h26-29H,1-12H2;28-30H,1-10H2;22-24H,2-11H2,1H3;22-25H,1-8H2. The number of hydrogen-bond donors (Lipinski definition) is 14. The third-order valence-electron chi connectivity index (χ3n) is 13.1. The van der Waals surface area contributed by atoms with Crippen LogP contribution in [0.4, 0.5) is 0 Å². The smallest absolute Gasteiger partial charge is 0.341 e. The lowest BCUT2D eigenvalue weighted by Crippen LogP contribution is -2.55. The molecule has 1 heterocycles. The fourth-order valence-electron chi connectivity index (χ4n) is 7.01. The molecule has 0 bridgehead atoms. The molecule has 0 N–H and O–H groups in total. The first-order valence-electron chi connectivity index (χ1n) is 32.3.